The molecule has 1 aromatic rings. The number of nitrogens with zero attached hydrogens (tertiary/aromatic N) is 3. The minimum absolute atomic E-state index is 0.108. The summed E-state index contributed by atoms with van der Waals surface area (Å²) in [5, 5.41) is 22.4. The molecule has 1 aromatic carbocycles. The number of thioether (sulfide) groups is 1. The number of hydrogen-bond acceptors (Lipinski definition) is 7. The second-order valence-electron chi connectivity index (χ2n) is 3.95. The van der Waals surface area contributed by atoms with Gasteiger partial charge in [0.15, 0.2) is 22.9 Å². The number of nitrogens with one attached hydrogen (secondary N) is 1. The van der Waals surface area contributed by atoms with Gasteiger partial charge in [-0.15, -0.1) is 0 Å². The number of hydrogen-bond donors (Lipinski definition) is 1. The lowest BCUT2D eigenvalue weighted by atomic mass is 10.2. The van der Waals surface area contributed by atoms with Crippen LogP contribution in [0.15, 0.2) is 17.1 Å². The van der Waals surface area contributed by atoms with Crippen LogP contribution in [-0.4, -0.2) is 29.6 Å². The summed E-state index contributed by atoms with van der Waals surface area (Å²) in [5.74, 6) is 0.742. The Morgan fingerprint density at radius 1 is 1.48 bits per heavy atom. The van der Waals surface area contributed by atoms with Crippen molar-refractivity contribution in [2.45, 2.75) is 6.42 Å². The number of amidine groups is 1. The number of fused-ring (bicyclic) bond motifs is 1. The minimum Gasteiger partial charge on any atom is -0.489 e. The SMILES string of the molecule is CSC(=Nc1cc2c(cc1[N+](=O)[O-])OCCCO2)NC#N. The highest BCUT2D eigenvalue weighted by Crippen LogP contribution is 2.40. The summed E-state index contributed by atoms with van der Waals surface area (Å²) in [7, 11) is 0. The van der Waals surface area contributed by atoms with Crippen LogP contribution in [0.1, 0.15) is 6.42 Å². The van der Waals surface area contributed by atoms with Crippen molar-refractivity contribution in [3.05, 3.63) is 22.2 Å². The molecule has 2 rings (SSSR count). The molecule has 0 bridgehead atoms. The summed E-state index contributed by atoms with van der Waals surface area (Å²) < 4.78 is 10.9. The summed E-state index contributed by atoms with van der Waals surface area (Å²) >= 11 is 1.17. The zero-order valence-corrected chi connectivity index (χ0v) is 12.0. The molecule has 1 N–H and O–H groups in total. The quantitative estimate of drug-likeness (QED) is 0.223. The van der Waals surface area contributed by atoms with Crippen molar-refractivity contribution in [3.8, 4) is 17.7 Å². The minimum atomic E-state index is -0.544. The van der Waals surface area contributed by atoms with Crippen LogP contribution in [0.5, 0.6) is 11.5 Å². The standard InChI is InChI=1S/C12H12N4O4S/c1-21-12(14-7-13)15-8-5-10-11(6-9(8)16(17)18)20-4-2-3-19-10/h5-6H,2-4H2,1H3,(H,14,15). The highest BCUT2D eigenvalue weighted by atomic mass is 32.2. The van der Waals surface area contributed by atoms with Gasteiger partial charge < -0.3 is 9.47 Å². The Morgan fingerprint density at radius 2 is 2.14 bits per heavy atom. The van der Waals surface area contributed by atoms with Gasteiger partial charge in [-0.25, -0.2) is 4.99 Å². The van der Waals surface area contributed by atoms with Crippen LogP contribution in [0.2, 0.25) is 0 Å². The van der Waals surface area contributed by atoms with Gasteiger partial charge in [0.05, 0.1) is 24.2 Å². The van der Waals surface area contributed by atoms with Gasteiger partial charge in [0.25, 0.3) is 5.69 Å². The molecule has 0 spiro atoms. The normalized spacial score (nSPS) is 14.0. The number of aliphatic imine (C=N–C) groups is 1. The molecule has 110 valence electrons. The number of nitro benzene ring substituents is 1. The first-order valence-electron chi connectivity index (χ1n) is 6.01. The fraction of sp³-hybridized carbons (Fsp3) is 0.333. The largest absolute Gasteiger partial charge is 0.489 e. The first-order valence-corrected chi connectivity index (χ1v) is 7.24. The van der Waals surface area contributed by atoms with E-state index in [2.05, 4.69) is 10.3 Å². The number of nitro groups is 1. The van der Waals surface area contributed by atoms with Gasteiger partial charge in [0, 0.05) is 12.5 Å². The monoisotopic (exact) mass is 308 g/mol. The molecule has 0 aliphatic carbocycles. The smallest absolute Gasteiger partial charge is 0.298 e. The van der Waals surface area contributed by atoms with Crippen LogP contribution in [0.25, 0.3) is 0 Å². The van der Waals surface area contributed by atoms with E-state index < -0.39 is 4.92 Å². The van der Waals surface area contributed by atoms with Crippen molar-refractivity contribution in [1.82, 2.24) is 5.32 Å². The van der Waals surface area contributed by atoms with Crippen LogP contribution in [0, 0.1) is 21.6 Å². The third-order valence-electron chi connectivity index (χ3n) is 2.62. The van der Waals surface area contributed by atoms with Crippen molar-refractivity contribution >= 4 is 28.3 Å². The lowest BCUT2D eigenvalue weighted by molar-refractivity contribution is -0.384. The van der Waals surface area contributed by atoms with Gasteiger partial charge >= 0.3 is 0 Å². The van der Waals surface area contributed by atoms with E-state index in [0.29, 0.717) is 31.1 Å². The van der Waals surface area contributed by atoms with E-state index >= 15 is 0 Å². The van der Waals surface area contributed by atoms with Crippen molar-refractivity contribution in [3.63, 3.8) is 0 Å². The number of rotatable bonds is 2. The van der Waals surface area contributed by atoms with Crippen LogP contribution in [-0.2, 0) is 0 Å². The van der Waals surface area contributed by atoms with Crippen molar-refractivity contribution in [1.29, 1.82) is 5.26 Å². The van der Waals surface area contributed by atoms with E-state index in [1.165, 1.54) is 23.9 Å². The van der Waals surface area contributed by atoms with E-state index in [9.17, 15) is 10.1 Å². The third kappa shape index (κ3) is 3.55. The molecule has 8 nitrogen and oxygen atoms in total. The molecule has 1 aliphatic heterocycles. The molecule has 0 fully saturated rings. The second-order valence-corrected chi connectivity index (χ2v) is 4.75. The number of ether oxygens (including phenoxy) is 2. The Balaban J connectivity index is 2.50. The number of benzene rings is 1. The fourth-order valence-corrected chi connectivity index (χ4v) is 2.04. The van der Waals surface area contributed by atoms with Gasteiger partial charge in [0.1, 0.15) is 5.69 Å². The number of nitriles is 1. The molecule has 21 heavy (non-hydrogen) atoms. The molecule has 1 aliphatic rings. The first kappa shape index (κ1) is 14.9. The lowest BCUT2D eigenvalue weighted by Gasteiger charge is -2.08. The summed E-state index contributed by atoms with van der Waals surface area (Å²) in [5.41, 5.74) is -0.0955. The van der Waals surface area contributed by atoms with Crippen LogP contribution < -0.4 is 14.8 Å². The summed E-state index contributed by atoms with van der Waals surface area (Å²) in [6.07, 6.45) is 4.14. The van der Waals surface area contributed by atoms with Crippen LogP contribution in [0.4, 0.5) is 11.4 Å². The van der Waals surface area contributed by atoms with E-state index in [0.717, 1.165) is 0 Å². The maximum absolute atomic E-state index is 11.2. The maximum Gasteiger partial charge on any atom is 0.298 e. The van der Waals surface area contributed by atoms with E-state index in [-0.39, 0.29) is 16.5 Å². The topological polar surface area (TPSA) is 110 Å². The molecular formula is C12H12N4O4S. The van der Waals surface area contributed by atoms with Crippen LogP contribution >= 0.6 is 11.8 Å². The highest BCUT2D eigenvalue weighted by Gasteiger charge is 2.21. The van der Waals surface area contributed by atoms with Gasteiger partial charge in [0.2, 0.25) is 0 Å². The molecule has 0 saturated carbocycles. The van der Waals surface area contributed by atoms with Crippen LogP contribution in [0.3, 0.4) is 0 Å². The van der Waals surface area contributed by atoms with E-state index in [4.69, 9.17) is 14.7 Å². The molecule has 0 saturated heterocycles. The predicted octanol–water partition coefficient (Wildman–Crippen LogP) is 2.18. The molecule has 0 aromatic heterocycles. The molecule has 9 heteroatoms. The molecule has 1 heterocycles. The maximum atomic E-state index is 11.2. The Kier molecular flexibility index (Phi) is 4.84. The molecular weight excluding hydrogens is 296 g/mol. The van der Waals surface area contributed by atoms with E-state index in [1.807, 2.05) is 0 Å². The third-order valence-corrected chi connectivity index (χ3v) is 3.20. The van der Waals surface area contributed by atoms with Crippen molar-refractivity contribution in [2.75, 3.05) is 19.5 Å². The Hall–Kier alpha value is -2.47. The Morgan fingerprint density at radius 3 is 2.71 bits per heavy atom. The molecule has 0 atom stereocenters. The average Bonchev–Trinajstić information content (AvgIpc) is 2.70. The fourth-order valence-electron chi connectivity index (χ4n) is 1.70. The lowest BCUT2D eigenvalue weighted by Crippen LogP contribution is -2.12. The average molecular weight is 308 g/mol. The van der Waals surface area contributed by atoms with Gasteiger partial charge in [-0.1, -0.05) is 11.8 Å². The van der Waals surface area contributed by atoms with Gasteiger partial charge in [-0.3, -0.25) is 15.4 Å². The van der Waals surface area contributed by atoms with E-state index in [1.54, 1.807) is 12.4 Å². The second kappa shape index (κ2) is 6.81. The van der Waals surface area contributed by atoms with Gasteiger partial charge in [-0.05, 0) is 6.26 Å². The molecule has 0 amide bonds. The zero-order valence-electron chi connectivity index (χ0n) is 11.2. The Labute approximate surface area is 124 Å². The molecule has 0 unspecified atom stereocenters. The van der Waals surface area contributed by atoms with Crippen molar-refractivity contribution < 1.29 is 14.4 Å². The highest BCUT2D eigenvalue weighted by molar-refractivity contribution is 8.13. The van der Waals surface area contributed by atoms with Gasteiger partial charge in [-0.2, -0.15) is 5.26 Å². The summed E-state index contributed by atoms with van der Waals surface area (Å²) in [6.45, 7) is 0.915. The molecule has 0 radical (unpaired) electrons. The first-order chi connectivity index (χ1) is 10.2. The summed E-state index contributed by atoms with van der Waals surface area (Å²) in [6, 6.07) is 2.75. The van der Waals surface area contributed by atoms with Crippen molar-refractivity contribution in [2.24, 2.45) is 4.99 Å². The summed E-state index contributed by atoms with van der Waals surface area (Å²) in [4.78, 5) is 14.7. The predicted molar refractivity (Wildman–Crippen MR) is 78.1 cm³/mol. The Bertz CT molecular complexity index is 626. The zero-order chi connectivity index (χ0) is 15.2.